The van der Waals surface area contributed by atoms with Gasteiger partial charge in [0.1, 0.15) is 0 Å². The fourth-order valence-electron chi connectivity index (χ4n) is 0.0722. The first-order valence-electron chi connectivity index (χ1n) is 1.50. The van der Waals surface area contributed by atoms with E-state index in [-0.39, 0.29) is 0 Å². The molecule has 0 amide bonds. The third-order valence-corrected chi connectivity index (χ3v) is 0.269. The molecule has 0 atom stereocenters. The Hall–Kier alpha value is -0.440. The van der Waals surface area contributed by atoms with Crippen molar-refractivity contribution >= 4 is 0 Å². The molecule has 5 heavy (non-hydrogen) atoms. The van der Waals surface area contributed by atoms with Gasteiger partial charge in [-0.05, 0) is 13.3 Å². The highest BCUT2D eigenvalue weighted by molar-refractivity contribution is 4.82. The van der Waals surface area contributed by atoms with Crippen LogP contribution in [-0.4, -0.2) is 0 Å². The van der Waals surface area contributed by atoms with Gasteiger partial charge in [0.25, 0.3) is 0 Å². The zero-order chi connectivity index (χ0) is 4.12. The van der Waals surface area contributed by atoms with E-state index in [0.29, 0.717) is 12.8 Å². The van der Waals surface area contributed by atoms with Gasteiger partial charge in [-0.15, -0.1) is 12.3 Å². The molecular formula is C5H5. The molecule has 0 aromatic rings. The molecule has 3 radical (unpaired) electrons. The SMILES string of the molecule is [C]CCC#C. The highest BCUT2D eigenvalue weighted by Crippen LogP contribution is 1.76. The van der Waals surface area contributed by atoms with Crippen LogP contribution >= 0.6 is 0 Å². The number of hydrogen-bond donors (Lipinski definition) is 0. The molecule has 0 bridgehead atoms. The Morgan fingerprint density at radius 2 is 2.40 bits per heavy atom. The fourth-order valence-corrected chi connectivity index (χ4v) is 0.0722. The average Bonchev–Trinajstić information content (AvgIpc) is 1.41. The minimum Gasteiger partial charge on any atom is -0.120 e. The van der Waals surface area contributed by atoms with E-state index in [4.69, 9.17) is 13.3 Å². The Kier molecular flexibility index (Phi) is 3.25. The second kappa shape index (κ2) is 3.56. The maximum atomic E-state index is 6.46. The molecule has 0 unspecified atom stereocenters. The molecular weight excluding hydrogens is 60.1 g/mol. The lowest BCUT2D eigenvalue weighted by atomic mass is 10.4. The fraction of sp³-hybridized carbons (Fsp3) is 0.400. The molecule has 0 aromatic carbocycles. The zero-order valence-electron chi connectivity index (χ0n) is 2.99. The Bertz CT molecular complexity index is 38.5. The summed E-state index contributed by atoms with van der Waals surface area (Å²) in [5.41, 5.74) is 0. The van der Waals surface area contributed by atoms with Crippen LogP contribution < -0.4 is 0 Å². The Labute approximate surface area is 33.2 Å². The van der Waals surface area contributed by atoms with Crippen molar-refractivity contribution in [3.8, 4) is 12.3 Å². The van der Waals surface area contributed by atoms with Crippen LogP contribution in [0.5, 0.6) is 0 Å². The van der Waals surface area contributed by atoms with Crippen molar-refractivity contribution in [1.29, 1.82) is 0 Å². The molecule has 0 N–H and O–H groups in total. The minimum absolute atomic E-state index is 0.358. The third-order valence-electron chi connectivity index (χ3n) is 0.269. The molecule has 0 heteroatoms. The lowest BCUT2D eigenvalue weighted by Crippen LogP contribution is -1.54. The highest BCUT2D eigenvalue weighted by atomic mass is 13.7. The standard InChI is InChI=1S/C5H5/c1-3-5-4-2/h1H,4-5H2. The Balaban J connectivity index is 2.48. The van der Waals surface area contributed by atoms with E-state index >= 15 is 0 Å². The summed E-state index contributed by atoms with van der Waals surface area (Å²) in [6.45, 7) is 6.46. The Morgan fingerprint density at radius 1 is 1.80 bits per heavy atom. The topological polar surface area (TPSA) is 0 Å². The van der Waals surface area contributed by atoms with Gasteiger partial charge in [-0.3, -0.25) is 0 Å². The highest BCUT2D eigenvalue weighted by Gasteiger charge is 1.62. The summed E-state index contributed by atoms with van der Waals surface area (Å²) in [4.78, 5) is 0. The van der Waals surface area contributed by atoms with Crippen molar-refractivity contribution < 1.29 is 0 Å². The third kappa shape index (κ3) is 3.56. The molecule has 0 nitrogen and oxygen atoms in total. The lowest BCUT2D eigenvalue weighted by Gasteiger charge is -1.68. The van der Waals surface area contributed by atoms with Gasteiger partial charge in [0, 0.05) is 6.42 Å². The van der Waals surface area contributed by atoms with Gasteiger partial charge in [-0.25, -0.2) is 0 Å². The van der Waals surface area contributed by atoms with Crippen LogP contribution in [0.2, 0.25) is 0 Å². The van der Waals surface area contributed by atoms with E-state index in [9.17, 15) is 0 Å². The summed E-state index contributed by atoms with van der Waals surface area (Å²) >= 11 is 0. The minimum atomic E-state index is 0.358. The average molecular weight is 65.1 g/mol. The van der Waals surface area contributed by atoms with Crippen LogP contribution in [0.15, 0.2) is 0 Å². The molecule has 0 spiro atoms. The molecule has 0 rings (SSSR count). The second-order valence-electron chi connectivity index (χ2n) is 0.704. The molecule has 25 valence electrons. The van der Waals surface area contributed by atoms with Crippen molar-refractivity contribution in [2.45, 2.75) is 12.8 Å². The van der Waals surface area contributed by atoms with Gasteiger partial charge < -0.3 is 0 Å². The first-order valence-corrected chi connectivity index (χ1v) is 1.50. The van der Waals surface area contributed by atoms with Gasteiger partial charge in [-0.1, -0.05) is 0 Å². The molecule has 0 aliphatic rings. The molecule has 0 fully saturated rings. The zero-order valence-corrected chi connectivity index (χ0v) is 2.99. The van der Waals surface area contributed by atoms with E-state index in [2.05, 4.69) is 5.92 Å². The van der Waals surface area contributed by atoms with Crippen molar-refractivity contribution in [3.63, 3.8) is 0 Å². The van der Waals surface area contributed by atoms with Crippen LogP contribution in [0.3, 0.4) is 0 Å². The maximum absolute atomic E-state index is 6.46. The summed E-state index contributed by atoms with van der Waals surface area (Å²) in [5.74, 6) is 2.33. The summed E-state index contributed by atoms with van der Waals surface area (Å²) in [7, 11) is 0. The number of hydrogen-bond acceptors (Lipinski definition) is 0. The maximum Gasteiger partial charge on any atom is 0.00919 e. The predicted octanol–water partition coefficient (Wildman–Crippen LogP) is 0.988. The first kappa shape index (κ1) is 4.56. The summed E-state index contributed by atoms with van der Waals surface area (Å²) in [6, 6.07) is 0. The van der Waals surface area contributed by atoms with E-state index < -0.39 is 0 Å². The molecule has 0 aromatic heterocycles. The molecule has 0 saturated heterocycles. The first-order chi connectivity index (χ1) is 2.41. The van der Waals surface area contributed by atoms with E-state index in [1.807, 2.05) is 0 Å². The van der Waals surface area contributed by atoms with E-state index in [1.54, 1.807) is 0 Å². The van der Waals surface area contributed by atoms with Gasteiger partial charge in [0.15, 0.2) is 0 Å². The van der Waals surface area contributed by atoms with Gasteiger partial charge in [0.05, 0.1) is 0 Å². The molecule has 0 saturated carbocycles. The lowest BCUT2D eigenvalue weighted by molar-refractivity contribution is 1.08. The van der Waals surface area contributed by atoms with Crippen LogP contribution in [0.1, 0.15) is 12.8 Å². The molecule has 0 aliphatic carbocycles. The van der Waals surface area contributed by atoms with Crippen LogP contribution in [0, 0.1) is 19.3 Å². The van der Waals surface area contributed by atoms with Gasteiger partial charge >= 0.3 is 0 Å². The molecule has 0 heterocycles. The quantitative estimate of drug-likeness (QED) is 0.399. The van der Waals surface area contributed by atoms with Gasteiger partial charge in [-0.2, -0.15) is 0 Å². The number of rotatable bonds is 1. The summed E-state index contributed by atoms with van der Waals surface area (Å²) < 4.78 is 0. The van der Waals surface area contributed by atoms with Crippen molar-refractivity contribution in [3.05, 3.63) is 6.92 Å². The van der Waals surface area contributed by atoms with Gasteiger partial charge in [0.2, 0.25) is 0 Å². The summed E-state index contributed by atoms with van der Waals surface area (Å²) in [6.07, 6.45) is 5.71. The van der Waals surface area contributed by atoms with Crippen LogP contribution in [0.4, 0.5) is 0 Å². The largest absolute Gasteiger partial charge is 0.120 e. The summed E-state index contributed by atoms with van der Waals surface area (Å²) in [5, 5.41) is 0. The Morgan fingerprint density at radius 3 is 2.40 bits per heavy atom. The number of unbranched alkanes of at least 4 members (excludes halogenated alkanes) is 1. The van der Waals surface area contributed by atoms with Crippen molar-refractivity contribution in [2.75, 3.05) is 0 Å². The van der Waals surface area contributed by atoms with E-state index in [1.165, 1.54) is 0 Å². The normalized spacial score (nSPS) is 6.40. The monoisotopic (exact) mass is 65.0 g/mol. The van der Waals surface area contributed by atoms with E-state index in [0.717, 1.165) is 0 Å². The van der Waals surface area contributed by atoms with Crippen LogP contribution in [0.25, 0.3) is 0 Å². The van der Waals surface area contributed by atoms with Crippen molar-refractivity contribution in [2.24, 2.45) is 0 Å². The smallest absolute Gasteiger partial charge is 0.00919 e. The molecule has 0 aliphatic heterocycles. The van der Waals surface area contributed by atoms with Crippen molar-refractivity contribution in [1.82, 2.24) is 0 Å². The predicted molar refractivity (Wildman–Crippen MR) is 21.3 cm³/mol. The second-order valence-corrected chi connectivity index (χ2v) is 0.704. The number of terminal acetylenes is 1. The van der Waals surface area contributed by atoms with Crippen LogP contribution in [-0.2, 0) is 0 Å².